The van der Waals surface area contributed by atoms with Gasteiger partial charge in [0.2, 0.25) is 12.6 Å². The minimum atomic E-state index is -1.52. The summed E-state index contributed by atoms with van der Waals surface area (Å²) in [5, 5.41) is 0. The lowest BCUT2D eigenvalue weighted by atomic mass is 9.88. The Bertz CT molecular complexity index is 1130. The lowest BCUT2D eigenvalue weighted by Crippen LogP contribution is -2.63. The van der Waals surface area contributed by atoms with Gasteiger partial charge in [-0.05, 0) is 17.7 Å². The van der Waals surface area contributed by atoms with Gasteiger partial charge in [0.05, 0.1) is 12.2 Å². The Morgan fingerprint density at radius 1 is 0.690 bits per heavy atom. The van der Waals surface area contributed by atoms with Gasteiger partial charge in [0.25, 0.3) is 0 Å². The molecule has 1 saturated heterocycles. The smallest absolute Gasteiger partial charge is 0.303 e. The van der Waals surface area contributed by atoms with E-state index in [-0.39, 0.29) is 6.61 Å². The van der Waals surface area contributed by atoms with Crippen LogP contribution in [-0.2, 0) is 71.4 Å². The van der Waals surface area contributed by atoms with Crippen molar-refractivity contribution in [2.45, 2.75) is 84.6 Å². The van der Waals surface area contributed by atoms with Gasteiger partial charge in [0.15, 0.2) is 18.3 Å². The standard InChI is InChI=1S/C27H34O15/c1-12(28)35-10-18-9-20(37-14(3)30)19-7-8-34-26(22(18)19)42-27-25(40-17(6)33)24(39-16(5)32)23(38-15(4)31)21(41-27)11-36-13(2)29/h7-9,19-27H,10-11H2,1-6H3/t19-,20+,21+,22-,23+,24-,25+,26+,27-/m1/s1. The molecule has 15 heteroatoms. The molecule has 15 nitrogen and oxygen atoms in total. The Hall–Kier alpha value is -3.98. The van der Waals surface area contributed by atoms with Gasteiger partial charge in [-0.15, -0.1) is 0 Å². The van der Waals surface area contributed by atoms with Crippen molar-refractivity contribution in [3.05, 3.63) is 24.0 Å². The highest BCUT2D eigenvalue weighted by Crippen LogP contribution is 2.43. The Labute approximate surface area is 241 Å². The Kier molecular flexibility index (Phi) is 11.1. The van der Waals surface area contributed by atoms with Gasteiger partial charge < -0.3 is 42.6 Å². The minimum Gasteiger partial charge on any atom is -0.472 e. The van der Waals surface area contributed by atoms with E-state index in [2.05, 4.69) is 0 Å². The molecule has 0 saturated carbocycles. The molecule has 0 unspecified atom stereocenters. The van der Waals surface area contributed by atoms with Crippen molar-refractivity contribution in [2.24, 2.45) is 11.8 Å². The van der Waals surface area contributed by atoms with E-state index in [9.17, 15) is 28.8 Å². The van der Waals surface area contributed by atoms with E-state index < -0.39 is 97.4 Å². The average molecular weight is 599 g/mol. The van der Waals surface area contributed by atoms with Gasteiger partial charge in [-0.25, -0.2) is 0 Å². The molecular formula is C27H34O15. The van der Waals surface area contributed by atoms with Gasteiger partial charge in [-0.1, -0.05) is 0 Å². The Balaban J connectivity index is 1.99. The van der Waals surface area contributed by atoms with Crippen molar-refractivity contribution in [3.8, 4) is 0 Å². The summed E-state index contributed by atoms with van der Waals surface area (Å²) in [5.74, 6) is -5.31. The first kappa shape index (κ1) is 32.5. The van der Waals surface area contributed by atoms with Crippen molar-refractivity contribution in [1.29, 1.82) is 0 Å². The summed E-state index contributed by atoms with van der Waals surface area (Å²) in [5.41, 5.74) is 0.515. The Morgan fingerprint density at radius 3 is 1.83 bits per heavy atom. The van der Waals surface area contributed by atoms with Crippen LogP contribution in [0.1, 0.15) is 41.5 Å². The summed E-state index contributed by atoms with van der Waals surface area (Å²) in [6.45, 7) is 6.34. The molecule has 0 radical (unpaired) electrons. The van der Waals surface area contributed by atoms with Crippen molar-refractivity contribution >= 4 is 35.8 Å². The van der Waals surface area contributed by atoms with Crippen LogP contribution in [0.25, 0.3) is 0 Å². The molecular weight excluding hydrogens is 564 g/mol. The monoisotopic (exact) mass is 598 g/mol. The summed E-state index contributed by atoms with van der Waals surface area (Å²) >= 11 is 0. The van der Waals surface area contributed by atoms with Crippen LogP contribution in [0.2, 0.25) is 0 Å². The van der Waals surface area contributed by atoms with E-state index in [1.807, 2.05) is 0 Å². The molecule has 0 bridgehead atoms. The highest BCUT2D eigenvalue weighted by atomic mass is 16.8. The molecule has 3 aliphatic rings. The predicted molar refractivity (Wildman–Crippen MR) is 134 cm³/mol. The average Bonchev–Trinajstić information content (AvgIpc) is 3.22. The third-order valence-corrected chi connectivity index (χ3v) is 6.37. The molecule has 0 N–H and O–H groups in total. The maximum Gasteiger partial charge on any atom is 0.303 e. The number of carbonyl (C=O) groups excluding carboxylic acids is 6. The lowest BCUT2D eigenvalue weighted by Gasteiger charge is -2.45. The zero-order chi connectivity index (χ0) is 31.1. The fourth-order valence-electron chi connectivity index (χ4n) is 4.95. The molecule has 3 rings (SSSR count). The number of ether oxygens (including phenoxy) is 9. The van der Waals surface area contributed by atoms with Gasteiger partial charge in [0.1, 0.15) is 25.4 Å². The first-order valence-corrected chi connectivity index (χ1v) is 13.1. The number of esters is 6. The third kappa shape index (κ3) is 8.52. The SMILES string of the molecule is CC(=O)OCC1=C[C@H](OC(C)=O)[C@H]2C=CO[C@@H](O[C@H]3O[C@@H](COC(C)=O)[C@H](OC(C)=O)[C@@H](OC(C)=O)[C@@H]3OC(C)=O)[C@H]12. The highest BCUT2D eigenvalue weighted by Gasteiger charge is 2.55. The second-order valence-electron chi connectivity index (χ2n) is 9.74. The largest absolute Gasteiger partial charge is 0.472 e. The third-order valence-electron chi connectivity index (χ3n) is 6.37. The molecule has 2 heterocycles. The maximum atomic E-state index is 12.1. The molecule has 1 aliphatic carbocycles. The first-order chi connectivity index (χ1) is 19.8. The van der Waals surface area contributed by atoms with E-state index in [1.54, 1.807) is 12.2 Å². The molecule has 0 spiro atoms. The lowest BCUT2D eigenvalue weighted by molar-refractivity contribution is -0.342. The van der Waals surface area contributed by atoms with Crippen LogP contribution < -0.4 is 0 Å². The quantitative estimate of drug-likeness (QED) is 0.193. The van der Waals surface area contributed by atoms with Crippen LogP contribution >= 0.6 is 0 Å². The molecule has 9 atom stereocenters. The summed E-state index contributed by atoms with van der Waals surface area (Å²) in [7, 11) is 0. The van der Waals surface area contributed by atoms with Crippen molar-refractivity contribution in [2.75, 3.05) is 13.2 Å². The molecule has 0 aromatic rings. The normalized spacial score (nSPS) is 31.4. The summed E-state index contributed by atoms with van der Waals surface area (Å²) in [6.07, 6.45) is -4.37. The van der Waals surface area contributed by atoms with Crippen molar-refractivity contribution < 1.29 is 71.4 Å². The van der Waals surface area contributed by atoms with Gasteiger partial charge >= 0.3 is 35.8 Å². The topological polar surface area (TPSA) is 185 Å². The number of fused-ring (bicyclic) bond motifs is 1. The zero-order valence-electron chi connectivity index (χ0n) is 24.0. The highest BCUT2D eigenvalue weighted by molar-refractivity contribution is 5.69. The zero-order valence-corrected chi connectivity index (χ0v) is 24.0. The van der Waals surface area contributed by atoms with Gasteiger partial charge in [0, 0.05) is 47.5 Å². The van der Waals surface area contributed by atoms with Crippen LogP contribution in [-0.4, -0.2) is 92.1 Å². The second-order valence-corrected chi connectivity index (χ2v) is 9.74. The number of carbonyl (C=O) groups is 6. The van der Waals surface area contributed by atoms with E-state index in [4.69, 9.17) is 42.6 Å². The number of rotatable bonds is 10. The van der Waals surface area contributed by atoms with Crippen LogP contribution in [0.4, 0.5) is 0 Å². The van der Waals surface area contributed by atoms with Crippen molar-refractivity contribution in [3.63, 3.8) is 0 Å². The molecule has 42 heavy (non-hydrogen) atoms. The maximum absolute atomic E-state index is 12.1. The van der Waals surface area contributed by atoms with Crippen LogP contribution in [0, 0.1) is 11.8 Å². The van der Waals surface area contributed by atoms with E-state index >= 15 is 0 Å². The van der Waals surface area contributed by atoms with Crippen LogP contribution in [0.15, 0.2) is 24.0 Å². The van der Waals surface area contributed by atoms with E-state index in [0.717, 1.165) is 27.7 Å². The van der Waals surface area contributed by atoms with Gasteiger partial charge in [-0.3, -0.25) is 28.8 Å². The fraction of sp³-hybridized carbons (Fsp3) is 0.630. The second kappa shape index (κ2) is 14.3. The van der Waals surface area contributed by atoms with Crippen LogP contribution in [0.3, 0.4) is 0 Å². The summed E-state index contributed by atoms with van der Waals surface area (Å²) in [6, 6.07) is 0. The summed E-state index contributed by atoms with van der Waals surface area (Å²) < 4.78 is 49.9. The first-order valence-electron chi connectivity index (χ1n) is 13.1. The predicted octanol–water partition coefficient (Wildman–Crippen LogP) is 0.623. The minimum absolute atomic E-state index is 0.163. The van der Waals surface area contributed by atoms with Crippen LogP contribution in [0.5, 0.6) is 0 Å². The van der Waals surface area contributed by atoms with Gasteiger partial charge in [-0.2, -0.15) is 0 Å². The van der Waals surface area contributed by atoms with Crippen molar-refractivity contribution in [1.82, 2.24) is 0 Å². The number of hydrogen-bond acceptors (Lipinski definition) is 15. The molecule has 232 valence electrons. The fourth-order valence-corrected chi connectivity index (χ4v) is 4.95. The molecule has 2 aliphatic heterocycles. The molecule has 0 aromatic heterocycles. The molecule has 0 amide bonds. The summed E-state index contributed by atoms with van der Waals surface area (Å²) in [4.78, 5) is 71.1. The van der Waals surface area contributed by atoms with E-state index in [1.165, 1.54) is 20.1 Å². The van der Waals surface area contributed by atoms with E-state index in [0.29, 0.717) is 5.57 Å². The molecule has 0 aromatic carbocycles. The number of hydrogen-bond donors (Lipinski definition) is 0. The molecule has 1 fully saturated rings. The Morgan fingerprint density at radius 2 is 1.26 bits per heavy atom.